The van der Waals surface area contributed by atoms with Gasteiger partial charge in [0, 0.05) is 29.2 Å². The molecule has 0 saturated heterocycles. The van der Waals surface area contributed by atoms with Crippen LogP contribution in [-0.4, -0.2) is 26.8 Å². The molecule has 3 rings (SSSR count). The Hall–Kier alpha value is -2.92. The molecule has 0 unspecified atom stereocenters. The summed E-state index contributed by atoms with van der Waals surface area (Å²) < 4.78 is 0. The van der Waals surface area contributed by atoms with Crippen LogP contribution in [0.5, 0.6) is 0 Å². The Morgan fingerprint density at radius 2 is 1.62 bits per heavy atom. The summed E-state index contributed by atoms with van der Waals surface area (Å²) in [6.07, 6.45) is 8.75. The second kappa shape index (κ2) is 11.2. The highest BCUT2D eigenvalue weighted by atomic mass is 32.2. The highest BCUT2D eigenvalue weighted by molar-refractivity contribution is 7.99. The Morgan fingerprint density at radius 3 is 2.31 bits per heavy atom. The summed E-state index contributed by atoms with van der Waals surface area (Å²) in [5.74, 6) is 0.0625. The summed E-state index contributed by atoms with van der Waals surface area (Å²) in [5, 5.41) is 9.36. The molecule has 0 bridgehead atoms. The van der Waals surface area contributed by atoms with Gasteiger partial charge in [-0.25, -0.2) is 14.8 Å². The van der Waals surface area contributed by atoms with Crippen molar-refractivity contribution in [1.29, 1.82) is 0 Å². The maximum absolute atomic E-state index is 10.4. The minimum Gasteiger partial charge on any atom is -0.478 e. The summed E-state index contributed by atoms with van der Waals surface area (Å²) in [6, 6.07) is 20.4. The van der Waals surface area contributed by atoms with Crippen LogP contribution in [0.4, 0.5) is 0 Å². The summed E-state index contributed by atoms with van der Waals surface area (Å²) in [7, 11) is 0. The molecule has 0 saturated carbocycles. The Balaban J connectivity index is 1.64. The van der Waals surface area contributed by atoms with Gasteiger partial charge in [-0.05, 0) is 24.8 Å². The minimum absolute atomic E-state index is 0.786. The van der Waals surface area contributed by atoms with Gasteiger partial charge in [-0.1, -0.05) is 84.9 Å². The van der Waals surface area contributed by atoms with Gasteiger partial charge >= 0.3 is 5.97 Å². The van der Waals surface area contributed by atoms with E-state index in [0.717, 1.165) is 59.0 Å². The monoisotopic (exact) mass is 404 g/mol. The minimum atomic E-state index is -0.883. The summed E-state index contributed by atoms with van der Waals surface area (Å²) in [6.45, 7) is 0. The molecule has 2 aromatic carbocycles. The van der Waals surface area contributed by atoms with E-state index < -0.39 is 5.97 Å². The fourth-order valence-corrected chi connectivity index (χ4v) is 3.78. The normalized spacial score (nSPS) is 11.0. The van der Waals surface area contributed by atoms with Crippen molar-refractivity contribution in [3.63, 3.8) is 0 Å². The molecule has 0 fully saturated rings. The van der Waals surface area contributed by atoms with Crippen LogP contribution in [0.2, 0.25) is 0 Å². The number of unbranched alkanes of at least 4 members (excludes halogenated alkanes) is 3. The van der Waals surface area contributed by atoms with Crippen molar-refractivity contribution >= 4 is 17.7 Å². The van der Waals surface area contributed by atoms with E-state index in [0.29, 0.717) is 0 Å². The zero-order valence-corrected chi connectivity index (χ0v) is 17.0. The number of benzene rings is 2. The molecule has 5 heteroatoms. The highest BCUT2D eigenvalue weighted by Gasteiger charge is 2.11. The van der Waals surface area contributed by atoms with E-state index in [1.807, 2.05) is 42.6 Å². The van der Waals surface area contributed by atoms with Crippen LogP contribution in [0.15, 0.2) is 84.2 Å². The van der Waals surface area contributed by atoms with Crippen molar-refractivity contribution in [2.45, 2.75) is 30.8 Å². The van der Waals surface area contributed by atoms with Crippen molar-refractivity contribution in [1.82, 2.24) is 9.97 Å². The van der Waals surface area contributed by atoms with Gasteiger partial charge < -0.3 is 5.11 Å². The maximum Gasteiger partial charge on any atom is 0.327 e. The predicted molar refractivity (Wildman–Crippen MR) is 119 cm³/mol. The van der Waals surface area contributed by atoms with Crippen molar-refractivity contribution in [3.8, 4) is 22.4 Å². The van der Waals surface area contributed by atoms with Crippen LogP contribution in [0.3, 0.4) is 0 Å². The number of hydrogen-bond acceptors (Lipinski definition) is 4. The molecular formula is C24H24N2O2S. The van der Waals surface area contributed by atoms with Gasteiger partial charge in [0.2, 0.25) is 0 Å². The van der Waals surface area contributed by atoms with E-state index >= 15 is 0 Å². The average Bonchev–Trinajstić information content (AvgIpc) is 2.76. The lowest BCUT2D eigenvalue weighted by Crippen LogP contribution is -1.95. The van der Waals surface area contributed by atoms with Crippen molar-refractivity contribution in [2.24, 2.45) is 0 Å². The van der Waals surface area contributed by atoms with Crippen LogP contribution in [0.1, 0.15) is 25.7 Å². The summed E-state index contributed by atoms with van der Waals surface area (Å²) in [5.41, 5.74) is 4.18. The number of aliphatic carboxylic acids is 1. The smallest absolute Gasteiger partial charge is 0.327 e. The second-order valence-electron chi connectivity index (χ2n) is 6.59. The molecule has 0 atom stereocenters. The topological polar surface area (TPSA) is 63.1 Å². The first kappa shape index (κ1) is 20.8. The first-order valence-corrected chi connectivity index (χ1v) is 10.7. The Bertz CT molecular complexity index is 944. The molecule has 148 valence electrons. The van der Waals surface area contributed by atoms with E-state index in [1.165, 1.54) is 6.08 Å². The molecule has 3 aromatic rings. The fraction of sp³-hybridized carbons (Fsp3) is 0.208. The van der Waals surface area contributed by atoms with Crippen LogP contribution in [-0.2, 0) is 4.79 Å². The molecule has 0 aliphatic heterocycles. The lowest BCUT2D eigenvalue weighted by Gasteiger charge is -2.10. The maximum atomic E-state index is 10.4. The van der Waals surface area contributed by atoms with E-state index in [2.05, 4.69) is 29.2 Å². The van der Waals surface area contributed by atoms with Crippen LogP contribution in [0.25, 0.3) is 22.4 Å². The van der Waals surface area contributed by atoms with E-state index in [1.54, 1.807) is 17.8 Å². The summed E-state index contributed by atoms with van der Waals surface area (Å²) in [4.78, 5) is 19.9. The largest absolute Gasteiger partial charge is 0.478 e. The van der Waals surface area contributed by atoms with Crippen LogP contribution < -0.4 is 0 Å². The standard InChI is InChI=1S/C24H24N2O2S/c27-22(28)16-10-2-1-3-11-17-29-24-25-18-21(19-12-6-4-7-13-19)23(26-24)20-14-8-5-9-15-20/h4-10,12-16,18H,1-3,11,17H2,(H,27,28)/b16-10+. The number of carboxylic acid groups (broad SMARTS) is 1. The number of aromatic nitrogens is 2. The second-order valence-corrected chi connectivity index (χ2v) is 7.65. The molecule has 0 aliphatic rings. The quantitative estimate of drug-likeness (QED) is 0.191. The Kier molecular flexibility index (Phi) is 8.01. The Morgan fingerprint density at radius 1 is 0.931 bits per heavy atom. The molecule has 0 aliphatic carbocycles. The van der Waals surface area contributed by atoms with Gasteiger partial charge in [-0.15, -0.1) is 0 Å². The zero-order chi connectivity index (χ0) is 20.3. The SMILES string of the molecule is O=C(O)/C=C/CCCCCSc1ncc(-c2ccccc2)c(-c2ccccc2)n1. The number of hydrogen-bond donors (Lipinski definition) is 1. The molecule has 0 amide bonds. The summed E-state index contributed by atoms with van der Waals surface area (Å²) >= 11 is 1.67. The Labute approximate surface area is 175 Å². The van der Waals surface area contributed by atoms with Gasteiger partial charge in [0.15, 0.2) is 5.16 Å². The number of carbonyl (C=O) groups is 1. The van der Waals surface area contributed by atoms with Gasteiger partial charge in [-0.3, -0.25) is 0 Å². The van der Waals surface area contributed by atoms with E-state index in [4.69, 9.17) is 10.1 Å². The molecule has 29 heavy (non-hydrogen) atoms. The molecular weight excluding hydrogens is 380 g/mol. The van der Waals surface area contributed by atoms with E-state index in [-0.39, 0.29) is 0 Å². The van der Waals surface area contributed by atoms with Gasteiger partial charge in [0.25, 0.3) is 0 Å². The van der Waals surface area contributed by atoms with Crippen molar-refractivity contribution < 1.29 is 9.90 Å². The van der Waals surface area contributed by atoms with Crippen LogP contribution in [0, 0.1) is 0 Å². The third kappa shape index (κ3) is 6.57. The third-order valence-electron chi connectivity index (χ3n) is 4.41. The predicted octanol–water partition coefficient (Wildman–Crippen LogP) is 6.10. The lowest BCUT2D eigenvalue weighted by atomic mass is 10.0. The number of thioether (sulfide) groups is 1. The van der Waals surface area contributed by atoms with Gasteiger partial charge in [-0.2, -0.15) is 0 Å². The highest BCUT2D eigenvalue weighted by Crippen LogP contribution is 2.31. The number of allylic oxidation sites excluding steroid dienone is 1. The average molecular weight is 405 g/mol. The number of carboxylic acids is 1. The van der Waals surface area contributed by atoms with Crippen molar-refractivity contribution in [3.05, 3.63) is 79.0 Å². The molecule has 4 nitrogen and oxygen atoms in total. The molecule has 1 N–H and O–H groups in total. The molecule has 1 heterocycles. The molecule has 0 radical (unpaired) electrons. The fourth-order valence-electron chi connectivity index (χ4n) is 2.97. The molecule has 0 spiro atoms. The van der Waals surface area contributed by atoms with Crippen LogP contribution >= 0.6 is 11.8 Å². The number of rotatable bonds is 10. The van der Waals surface area contributed by atoms with E-state index in [9.17, 15) is 4.79 Å². The molecule has 1 aromatic heterocycles. The number of nitrogens with zero attached hydrogens (tertiary/aromatic N) is 2. The zero-order valence-electron chi connectivity index (χ0n) is 16.2. The van der Waals surface area contributed by atoms with Crippen molar-refractivity contribution in [2.75, 3.05) is 5.75 Å². The first-order valence-electron chi connectivity index (χ1n) is 9.74. The third-order valence-corrected chi connectivity index (χ3v) is 5.35. The lowest BCUT2D eigenvalue weighted by molar-refractivity contribution is -0.131. The first-order chi connectivity index (χ1) is 14.2. The van der Waals surface area contributed by atoms with Gasteiger partial charge in [0.1, 0.15) is 0 Å². The van der Waals surface area contributed by atoms with Gasteiger partial charge in [0.05, 0.1) is 5.69 Å².